The molecule has 3 nitrogen and oxygen atoms in total. The quantitative estimate of drug-likeness (QED) is 0.730. The summed E-state index contributed by atoms with van der Waals surface area (Å²) in [6, 6.07) is 3.10. The number of imidazole rings is 1. The zero-order valence-electron chi connectivity index (χ0n) is 6.47. The average Bonchev–Trinajstić information content (AvgIpc) is 2.28. The molecule has 0 aromatic carbocycles. The maximum atomic E-state index is 11.0. The summed E-state index contributed by atoms with van der Waals surface area (Å²) in [5.41, 5.74) is 1.84. The molecule has 62 valence electrons. The van der Waals surface area contributed by atoms with Crippen molar-refractivity contribution in [2.24, 2.45) is 0 Å². The van der Waals surface area contributed by atoms with Gasteiger partial charge in [0.25, 0.3) is 0 Å². The van der Waals surface area contributed by atoms with E-state index >= 15 is 0 Å². The Hall–Kier alpha value is -1.03. The molecule has 2 rings (SSSR count). The minimum absolute atomic E-state index is 0.0174. The van der Waals surface area contributed by atoms with Gasteiger partial charge in [-0.3, -0.25) is 9.20 Å². The van der Waals surface area contributed by atoms with Gasteiger partial charge in [-0.05, 0) is 22.9 Å². The normalized spacial score (nSPS) is 10.8. The molecule has 4 heteroatoms. The van der Waals surface area contributed by atoms with Gasteiger partial charge in [0.05, 0.1) is 0 Å². The molecule has 1 N–H and O–H groups in total. The van der Waals surface area contributed by atoms with E-state index in [0.29, 0.717) is 0 Å². The first kappa shape index (κ1) is 7.61. The van der Waals surface area contributed by atoms with Crippen LogP contribution in [-0.4, -0.2) is 9.38 Å². The van der Waals surface area contributed by atoms with Crippen molar-refractivity contribution in [3.05, 3.63) is 38.9 Å². The van der Waals surface area contributed by atoms with E-state index in [0.717, 1.165) is 15.9 Å². The molecule has 2 aromatic rings. The summed E-state index contributed by atoms with van der Waals surface area (Å²) in [4.78, 5) is 14.0. The largest absolute Gasteiger partial charge is 0.343 e. The first-order chi connectivity index (χ1) is 5.68. The van der Waals surface area contributed by atoms with E-state index in [1.54, 1.807) is 12.3 Å². The second-order valence-electron chi connectivity index (χ2n) is 2.66. The number of hydrogen-bond acceptors (Lipinski definition) is 1. The number of nitrogens with zero attached hydrogens (tertiary/aromatic N) is 1. The van der Waals surface area contributed by atoms with Crippen LogP contribution in [0.5, 0.6) is 0 Å². The molecule has 12 heavy (non-hydrogen) atoms. The Labute approximate surface area is 77.2 Å². The molecule has 0 atom stereocenters. The zero-order valence-corrected chi connectivity index (χ0v) is 8.05. The molecule has 0 aliphatic heterocycles. The lowest BCUT2D eigenvalue weighted by atomic mass is 10.5. The standard InChI is InChI=1S/C8H7BrN2O/c1-5-8(9)11-3-2-6(12)4-7(11)10-5/h2-4,10H,1H3. The molecule has 2 aromatic heterocycles. The van der Waals surface area contributed by atoms with Gasteiger partial charge in [-0.15, -0.1) is 0 Å². The molecule has 0 fully saturated rings. The third-order valence-electron chi connectivity index (χ3n) is 1.76. The van der Waals surface area contributed by atoms with Crippen molar-refractivity contribution in [2.75, 3.05) is 0 Å². The summed E-state index contributed by atoms with van der Waals surface area (Å²) in [7, 11) is 0. The number of rotatable bonds is 0. The molecular formula is C8H7BrN2O. The predicted molar refractivity (Wildman–Crippen MR) is 50.5 cm³/mol. The van der Waals surface area contributed by atoms with Crippen molar-refractivity contribution in [1.29, 1.82) is 0 Å². The molecule has 0 saturated heterocycles. The predicted octanol–water partition coefficient (Wildman–Crippen LogP) is 1.70. The van der Waals surface area contributed by atoms with Crippen molar-refractivity contribution < 1.29 is 0 Å². The van der Waals surface area contributed by atoms with Gasteiger partial charge in [0.1, 0.15) is 10.3 Å². The van der Waals surface area contributed by atoms with Crippen LogP contribution in [0, 0.1) is 6.92 Å². The topological polar surface area (TPSA) is 37.3 Å². The van der Waals surface area contributed by atoms with Crippen molar-refractivity contribution in [2.45, 2.75) is 6.92 Å². The minimum atomic E-state index is 0.0174. The van der Waals surface area contributed by atoms with Gasteiger partial charge < -0.3 is 4.98 Å². The van der Waals surface area contributed by atoms with Crippen LogP contribution in [0.25, 0.3) is 5.65 Å². The van der Waals surface area contributed by atoms with Crippen molar-refractivity contribution in [1.82, 2.24) is 9.38 Å². The Morgan fingerprint density at radius 1 is 1.58 bits per heavy atom. The highest BCUT2D eigenvalue weighted by molar-refractivity contribution is 9.10. The SMILES string of the molecule is Cc1[nH]c2cc(=O)ccn2c1Br. The molecule has 0 saturated carbocycles. The Morgan fingerprint density at radius 3 is 3.08 bits per heavy atom. The fourth-order valence-corrected chi connectivity index (χ4v) is 1.58. The highest BCUT2D eigenvalue weighted by Gasteiger charge is 2.02. The third-order valence-corrected chi connectivity index (χ3v) is 2.74. The summed E-state index contributed by atoms with van der Waals surface area (Å²) >= 11 is 3.40. The van der Waals surface area contributed by atoms with E-state index in [1.165, 1.54) is 6.07 Å². The molecule has 0 bridgehead atoms. The van der Waals surface area contributed by atoms with Crippen LogP contribution in [0.3, 0.4) is 0 Å². The number of aromatic amines is 1. The van der Waals surface area contributed by atoms with Crippen LogP contribution in [-0.2, 0) is 0 Å². The van der Waals surface area contributed by atoms with Gasteiger partial charge in [0.15, 0.2) is 5.43 Å². The summed E-state index contributed by atoms with van der Waals surface area (Å²) in [5.74, 6) is 0. The summed E-state index contributed by atoms with van der Waals surface area (Å²) in [6.45, 7) is 1.95. The van der Waals surface area contributed by atoms with Crippen LogP contribution in [0.4, 0.5) is 0 Å². The molecule has 0 aliphatic carbocycles. The second-order valence-corrected chi connectivity index (χ2v) is 3.41. The first-order valence-corrected chi connectivity index (χ1v) is 4.34. The van der Waals surface area contributed by atoms with Crippen LogP contribution in [0.2, 0.25) is 0 Å². The molecule has 0 radical (unpaired) electrons. The van der Waals surface area contributed by atoms with E-state index in [2.05, 4.69) is 20.9 Å². The van der Waals surface area contributed by atoms with E-state index in [4.69, 9.17) is 0 Å². The lowest BCUT2D eigenvalue weighted by Crippen LogP contribution is -1.98. The minimum Gasteiger partial charge on any atom is -0.343 e. The lowest BCUT2D eigenvalue weighted by Gasteiger charge is -1.91. The first-order valence-electron chi connectivity index (χ1n) is 3.55. The molecule has 0 aliphatic rings. The van der Waals surface area contributed by atoms with Crippen LogP contribution < -0.4 is 5.43 Å². The zero-order chi connectivity index (χ0) is 8.72. The molecule has 0 amide bonds. The Kier molecular flexibility index (Phi) is 1.58. The number of nitrogens with one attached hydrogen (secondary N) is 1. The van der Waals surface area contributed by atoms with Gasteiger partial charge in [0, 0.05) is 24.0 Å². The Morgan fingerprint density at radius 2 is 2.33 bits per heavy atom. The summed E-state index contributed by atoms with van der Waals surface area (Å²) in [6.07, 6.45) is 1.74. The van der Waals surface area contributed by atoms with E-state index < -0.39 is 0 Å². The van der Waals surface area contributed by atoms with Crippen LogP contribution in [0.15, 0.2) is 27.7 Å². The molecule has 0 spiro atoms. The smallest absolute Gasteiger partial charge is 0.183 e. The summed E-state index contributed by atoms with van der Waals surface area (Å²) < 4.78 is 2.84. The highest BCUT2D eigenvalue weighted by atomic mass is 79.9. The van der Waals surface area contributed by atoms with E-state index in [-0.39, 0.29) is 5.43 Å². The van der Waals surface area contributed by atoms with Crippen LogP contribution >= 0.6 is 15.9 Å². The van der Waals surface area contributed by atoms with E-state index in [9.17, 15) is 4.79 Å². The van der Waals surface area contributed by atoms with Gasteiger partial charge in [-0.2, -0.15) is 0 Å². The monoisotopic (exact) mass is 226 g/mol. The highest BCUT2D eigenvalue weighted by Crippen LogP contribution is 2.15. The number of H-pyrrole nitrogens is 1. The maximum absolute atomic E-state index is 11.0. The molecule has 0 unspecified atom stereocenters. The Bertz CT molecular complexity index is 483. The maximum Gasteiger partial charge on any atom is 0.183 e. The van der Waals surface area contributed by atoms with Crippen molar-refractivity contribution >= 4 is 21.6 Å². The Balaban J connectivity index is 2.96. The number of pyridine rings is 1. The van der Waals surface area contributed by atoms with Gasteiger partial charge in [-0.1, -0.05) is 0 Å². The average molecular weight is 227 g/mol. The lowest BCUT2D eigenvalue weighted by molar-refractivity contribution is 1.14. The number of halogens is 1. The second kappa shape index (κ2) is 2.48. The number of aromatic nitrogens is 2. The molecule has 2 heterocycles. The summed E-state index contributed by atoms with van der Waals surface area (Å²) in [5, 5.41) is 0. The molecular weight excluding hydrogens is 220 g/mol. The fourth-order valence-electron chi connectivity index (χ4n) is 1.17. The number of hydrogen-bond donors (Lipinski definition) is 1. The number of fused-ring (bicyclic) bond motifs is 1. The van der Waals surface area contributed by atoms with Gasteiger partial charge in [0.2, 0.25) is 0 Å². The van der Waals surface area contributed by atoms with Crippen LogP contribution in [0.1, 0.15) is 5.69 Å². The third kappa shape index (κ3) is 0.992. The fraction of sp³-hybridized carbons (Fsp3) is 0.125. The van der Waals surface area contributed by atoms with Crippen molar-refractivity contribution in [3.63, 3.8) is 0 Å². The van der Waals surface area contributed by atoms with Crippen molar-refractivity contribution in [3.8, 4) is 0 Å². The van der Waals surface area contributed by atoms with Gasteiger partial charge in [-0.25, -0.2) is 0 Å². The number of aryl methyl sites for hydroxylation is 1. The van der Waals surface area contributed by atoms with Gasteiger partial charge >= 0.3 is 0 Å². The van der Waals surface area contributed by atoms with E-state index in [1.807, 2.05) is 11.3 Å².